The van der Waals surface area contributed by atoms with Crippen LogP contribution in [0.5, 0.6) is 0 Å². The number of piperidine rings is 1. The van der Waals surface area contributed by atoms with Crippen molar-refractivity contribution < 1.29 is 14.4 Å². The Hall–Kier alpha value is -3.49. The van der Waals surface area contributed by atoms with E-state index in [4.69, 9.17) is 5.73 Å². The molecule has 2 aromatic rings. The molecule has 1 saturated heterocycles. The summed E-state index contributed by atoms with van der Waals surface area (Å²) in [6.45, 7) is 5.32. The van der Waals surface area contributed by atoms with Gasteiger partial charge in [-0.1, -0.05) is 67.1 Å². The molecule has 0 bridgehead atoms. The maximum absolute atomic E-state index is 13.6. The van der Waals surface area contributed by atoms with Crippen LogP contribution < -0.4 is 11.2 Å². The number of nitrogens with two attached hydrogens (primary N) is 1. The lowest BCUT2D eigenvalue weighted by molar-refractivity contribution is -0.144. The zero-order valence-corrected chi connectivity index (χ0v) is 23.7. The summed E-state index contributed by atoms with van der Waals surface area (Å²) < 4.78 is 0. The van der Waals surface area contributed by atoms with Gasteiger partial charge in [0.2, 0.25) is 11.8 Å². The number of carbonyl (C=O) groups excluding carboxylic acids is 3. The Morgan fingerprint density at radius 1 is 0.974 bits per heavy atom. The van der Waals surface area contributed by atoms with E-state index in [1.165, 1.54) is 15.9 Å². The van der Waals surface area contributed by atoms with Crippen molar-refractivity contribution in [2.45, 2.75) is 57.5 Å². The van der Waals surface area contributed by atoms with Crippen LogP contribution in [0.4, 0.5) is 0 Å². The summed E-state index contributed by atoms with van der Waals surface area (Å²) in [5.41, 5.74) is 11.6. The standard InChI is InChI=1S/C31H43N5O3/c1-31(2,32)19-11-14-29(38)35(4)27(22-24-15-17-26(18-16-24)25-12-7-5-8-13-25)30(39)34(3)23-28(37)33-36-20-9-6-10-21-36/h5,7-8,11-18,27H,6,9-10,19-23,32H2,1-4H3,(H,33,37)/b14-11+/t27-/m1/s1. The number of hydrogen-bond donors (Lipinski definition) is 2. The van der Waals surface area contributed by atoms with E-state index < -0.39 is 11.6 Å². The number of rotatable bonds is 11. The predicted octanol–water partition coefficient (Wildman–Crippen LogP) is 3.38. The normalized spacial score (nSPS) is 15.1. The highest BCUT2D eigenvalue weighted by Crippen LogP contribution is 2.21. The maximum Gasteiger partial charge on any atom is 0.253 e. The minimum Gasteiger partial charge on any atom is -0.335 e. The topological polar surface area (TPSA) is 99.0 Å². The van der Waals surface area contributed by atoms with Gasteiger partial charge in [-0.3, -0.25) is 19.8 Å². The average Bonchev–Trinajstić information content (AvgIpc) is 2.91. The molecule has 3 rings (SSSR count). The Morgan fingerprint density at radius 3 is 2.21 bits per heavy atom. The van der Waals surface area contributed by atoms with E-state index in [-0.39, 0.29) is 24.3 Å². The molecule has 1 heterocycles. The first-order chi connectivity index (χ1) is 18.5. The molecular weight excluding hydrogens is 490 g/mol. The predicted molar refractivity (Wildman–Crippen MR) is 155 cm³/mol. The van der Waals surface area contributed by atoms with Crippen LogP contribution >= 0.6 is 0 Å². The van der Waals surface area contributed by atoms with Gasteiger partial charge in [-0.15, -0.1) is 0 Å². The molecule has 1 atom stereocenters. The van der Waals surface area contributed by atoms with Gasteiger partial charge in [-0.05, 0) is 55.9 Å². The molecule has 39 heavy (non-hydrogen) atoms. The number of likely N-dealkylation sites (N-methyl/N-ethyl adjacent to an activating group) is 2. The molecule has 0 aliphatic carbocycles. The monoisotopic (exact) mass is 533 g/mol. The van der Waals surface area contributed by atoms with Crippen LogP contribution in [-0.2, 0) is 20.8 Å². The van der Waals surface area contributed by atoms with Crippen LogP contribution in [0.15, 0.2) is 66.7 Å². The van der Waals surface area contributed by atoms with E-state index in [0.29, 0.717) is 12.8 Å². The first-order valence-corrected chi connectivity index (χ1v) is 13.7. The summed E-state index contributed by atoms with van der Waals surface area (Å²) in [5.74, 6) is -0.818. The highest BCUT2D eigenvalue weighted by atomic mass is 16.2. The zero-order chi connectivity index (χ0) is 28.4. The Balaban J connectivity index is 1.74. The van der Waals surface area contributed by atoms with Crippen LogP contribution in [0, 0.1) is 0 Å². The summed E-state index contributed by atoms with van der Waals surface area (Å²) in [5, 5.41) is 1.91. The second-order valence-electron chi connectivity index (χ2n) is 11.1. The van der Waals surface area contributed by atoms with Gasteiger partial charge in [0.1, 0.15) is 12.6 Å². The third-order valence-corrected chi connectivity index (χ3v) is 6.89. The number of benzene rings is 2. The highest BCUT2D eigenvalue weighted by molar-refractivity contribution is 5.94. The van der Waals surface area contributed by atoms with E-state index in [2.05, 4.69) is 5.43 Å². The smallest absolute Gasteiger partial charge is 0.253 e. The lowest BCUT2D eigenvalue weighted by Crippen LogP contribution is -2.53. The summed E-state index contributed by atoms with van der Waals surface area (Å²) in [4.78, 5) is 42.2. The molecule has 0 saturated carbocycles. The lowest BCUT2D eigenvalue weighted by atomic mass is 9.99. The van der Waals surface area contributed by atoms with Crippen molar-refractivity contribution in [3.63, 3.8) is 0 Å². The van der Waals surface area contributed by atoms with E-state index in [1.54, 1.807) is 20.2 Å². The molecule has 8 heteroatoms. The quantitative estimate of drug-likeness (QED) is 0.432. The minimum atomic E-state index is -0.775. The molecule has 3 N–H and O–H groups in total. The summed E-state index contributed by atoms with van der Waals surface area (Å²) >= 11 is 0. The van der Waals surface area contributed by atoms with Gasteiger partial charge in [0, 0.05) is 39.1 Å². The first-order valence-electron chi connectivity index (χ1n) is 13.7. The van der Waals surface area contributed by atoms with E-state index >= 15 is 0 Å². The van der Waals surface area contributed by atoms with Crippen LogP contribution in [0.1, 0.15) is 45.1 Å². The molecule has 2 aromatic carbocycles. The second-order valence-corrected chi connectivity index (χ2v) is 11.1. The number of nitrogens with zero attached hydrogens (tertiary/aromatic N) is 3. The lowest BCUT2D eigenvalue weighted by Gasteiger charge is -2.31. The molecule has 8 nitrogen and oxygen atoms in total. The van der Waals surface area contributed by atoms with Gasteiger partial charge in [0.05, 0.1) is 0 Å². The number of hydrazine groups is 1. The fraction of sp³-hybridized carbons (Fsp3) is 0.452. The molecule has 210 valence electrons. The molecule has 0 radical (unpaired) electrons. The molecule has 0 spiro atoms. The number of amides is 3. The van der Waals surface area contributed by atoms with Crippen molar-refractivity contribution >= 4 is 17.7 Å². The Bertz CT molecular complexity index is 1120. The molecule has 1 aliphatic heterocycles. The van der Waals surface area contributed by atoms with Gasteiger partial charge in [-0.2, -0.15) is 0 Å². The van der Waals surface area contributed by atoms with Crippen molar-refractivity contribution in [2.75, 3.05) is 33.7 Å². The van der Waals surface area contributed by atoms with Crippen molar-refractivity contribution in [1.82, 2.24) is 20.2 Å². The van der Waals surface area contributed by atoms with Crippen LogP contribution in [0.25, 0.3) is 11.1 Å². The van der Waals surface area contributed by atoms with E-state index in [0.717, 1.165) is 49.0 Å². The van der Waals surface area contributed by atoms with Gasteiger partial charge in [-0.25, -0.2) is 5.01 Å². The first kappa shape index (κ1) is 30.1. The summed E-state index contributed by atoms with van der Waals surface area (Å²) in [6.07, 6.45) is 7.31. The zero-order valence-electron chi connectivity index (χ0n) is 23.7. The van der Waals surface area contributed by atoms with Crippen molar-refractivity contribution in [3.05, 3.63) is 72.3 Å². The summed E-state index contributed by atoms with van der Waals surface area (Å²) in [6, 6.07) is 17.3. The number of hydrogen-bond acceptors (Lipinski definition) is 5. The van der Waals surface area contributed by atoms with Crippen LogP contribution in [0.2, 0.25) is 0 Å². The maximum atomic E-state index is 13.6. The van der Waals surface area contributed by atoms with Gasteiger partial charge in [0.25, 0.3) is 5.91 Å². The Morgan fingerprint density at radius 2 is 1.59 bits per heavy atom. The van der Waals surface area contributed by atoms with Gasteiger partial charge < -0.3 is 15.5 Å². The molecule has 0 unspecified atom stereocenters. The Labute approximate surface area is 232 Å². The van der Waals surface area contributed by atoms with Crippen molar-refractivity contribution in [3.8, 4) is 11.1 Å². The molecule has 0 aromatic heterocycles. The molecular formula is C31H43N5O3. The average molecular weight is 534 g/mol. The number of carbonyl (C=O) groups is 3. The minimum absolute atomic E-state index is 0.0853. The van der Waals surface area contributed by atoms with Gasteiger partial charge >= 0.3 is 0 Å². The molecule has 1 fully saturated rings. The number of nitrogens with one attached hydrogen (secondary N) is 1. The summed E-state index contributed by atoms with van der Waals surface area (Å²) in [7, 11) is 3.23. The van der Waals surface area contributed by atoms with Gasteiger partial charge in [0.15, 0.2) is 0 Å². The third-order valence-electron chi connectivity index (χ3n) is 6.89. The SMILES string of the molecule is CN(CC(=O)NN1CCCCC1)C(=O)[C@@H](Cc1ccc(-c2ccccc2)cc1)N(C)C(=O)/C=C/CC(C)(C)N. The third kappa shape index (κ3) is 9.64. The fourth-order valence-corrected chi connectivity index (χ4v) is 4.58. The fourth-order valence-electron chi connectivity index (χ4n) is 4.58. The van der Waals surface area contributed by atoms with Crippen molar-refractivity contribution in [2.24, 2.45) is 5.73 Å². The highest BCUT2D eigenvalue weighted by Gasteiger charge is 2.30. The van der Waals surface area contributed by atoms with Crippen molar-refractivity contribution in [1.29, 1.82) is 0 Å². The Kier molecular flexibility index (Phi) is 10.8. The second kappa shape index (κ2) is 14.1. The van der Waals surface area contributed by atoms with Crippen LogP contribution in [-0.4, -0.2) is 77.8 Å². The largest absolute Gasteiger partial charge is 0.335 e. The van der Waals surface area contributed by atoms with E-state index in [1.807, 2.05) is 73.5 Å². The molecule has 1 aliphatic rings. The van der Waals surface area contributed by atoms with Crippen LogP contribution in [0.3, 0.4) is 0 Å². The van der Waals surface area contributed by atoms with E-state index in [9.17, 15) is 14.4 Å². The molecule has 3 amide bonds.